The Balaban J connectivity index is 2.70. The van der Waals surface area contributed by atoms with Gasteiger partial charge in [0.15, 0.2) is 5.84 Å². The fourth-order valence-electron chi connectivity index (χ4n) is 1.79. The third-order valence-electron chi connectivity index (χ3n) is 3.02. The van der Waals surface area contributed by atoms with Crippen molar-refractivity contribution in [1.82, 2.24) is 4.98 Å². The SMILES string of the molecule is CCC(CO)CCc1ccc(C(N=CN)=NC=O)[nH]1. The van der Waals surface area contributed by atoms with Gasteiger partial charge in [0.2, 0.25) is 6.41 Å². The maximum absolute atomic E-state index is 10.4. The Labute approximate surface area is 112 Å². The Morgan fingerprint density at radius 2 is 2.37 bits per heavy atom. The number of hydrogen-bond acceptors (Lipinski definition) is 2. The summed E-state index contributed by atoms with van der Waals surface area (Å²) < 4.78 is 0. The third-order valence-corrected chi connectivity index (χ3v) is 3.02. The van der Waals surface area contributed by atoms with Crippen LogP contribution in [0.5, 0.6) is 0 Å². The molecule has 19 heavy (non-hydrogen) atoms. The van der Waals surface area contributed by atoms with Gasteiger partial charge in [-0.15, -0.1) is 0 Å². The van der Waals surface area contributed by atoms with Crippen molar-refractivity contribution < 1.29 is 9.90 Å². The Morgan fingerprint density at radius 3 is 2.95 bits per heavy atom. The molecule has 0 bridgehead atoms. The second-order valence-electron chi connectivity index (χ2n) is 4.23. The molecule has 1 rings (SSSR count). The molecule has 4 N–H and O–H groups in total. The molecule has 0 aromatic carbocycles. The van der Waals surface area contributed by atoms with E-state index in [9.17, 15) is 4.79 Å². The predicted molar refractivity (Wildman–Crippen MR) is 75.3 cm³/mol. The average Bonchev–Trinajstić information content (AvgIpc) is 2.88. The zero-order valence-electron chi connectivity index (χ0n) is 11.0. The van der Waals surface area contributed by atoms with E-state index in [0.29, 0.717) is 18.0 Å². The normalized spacial score (nSPS) is 13.9. The van der Waals surface area contributed by atoms with Crippen LogP contribution in [0.3, 0.4) is 0 Å². The van der Waals surface area contributed by atoms with Gasteiger partial charge in [-0.25, -0.2) is 4.99 Å². The second kappa shape index (κ2) is 8.20. The summed E-state index contributed by atoms with van der Waals surface area (Å²) in [6, 6.07) is 3.73. The van der Waals surface area contributed by atoms with Crippen LogP contribution >= 0.6 is 0 Å². The number of hydrogen-bond donors (Lipinski definition) is 3. The molecule has 6 nitrogen and oxygen atoms in total. The Hall–Kier alpha value is -1.95. The molecule has 1 amide bonds. The van der Waals surface area contributed by atoms with E-state index in [2.05, 4.69) is 21.9 Å². The van der Waals surface area contributed by atoms with Gasteiger partial charge in [-0.2, -0.15) is 4.99 Å². The lowest BCUT2D eigenvalue weighted by atomic mass is 10.0. The number of aliphatic hydroxyl groups is 1. The fraction of sp³-hybridized carbons (Fsp3) is 0.462. The van der Waals surface area contributed by atoms with Gasteiger partial charge in [0.1, 0.15) is 0 Å². The minimum absolute atomic E-state index is 0.208. The monoisotopic (exact) mass is 264 g/mol. The minimum Gasteiger partial charge on any atom is -0.396 e. The Morgan fingerprint density at radius 1 is 1.58 bits per heavy atom. The van der Waals surface area contributed by atoms with Gasteiger partial charge in [-0.1, -0.05) is 13.3 Å². The summed E-state index contributed by atoms with van der Waals surface area (Å²) in [5.41, 5.74) is 6.88. The number of H-pyrrole nitrogens is 1. The number of aromatic amines is 1. The number of aliphatic hydroxyl groups excluding tert-OH is 1. The Bertz CT molecular complexity index is 447. The summed E-state index contributed by atoms with van der Waals surface area (Å²) in [5, 5.41) is 9.14. The molecule has 0 saturated carbocycles. The maximum atomic E-state index is 10.4. The van der Waals surface area contributed by atoms with E-state index in [0.717, 1.165) is 31.3 Å². The lowest BCUT2D eigenvalue weighted by molar-refractivity contribution is -0.106. The number of aryl methyl sites for hydroxylation is 1. The standard InChI is InChI=1S/C13H20N4O2/c1-2-10(7-18)3-4-11-5-6-12(17-11)13(15-8-14)16-9-19/h5-6,8-10,17-18H,2-4,7H2,1H3,(H2,14,15,16,19). The summed E-state index contributed by atoms with van der Waals surface area (Å²) in [7, 11) is 0. The highest BCUT2D eigenvalue weighted by molar-refractivity contribution is 6.04. The number of rotatable bonds is 7. The lowest BCUT2D eigenvalue weighted by Crippen LogP contribution is -2.06. The van der Waals surface area contributed by atoms with Gasteiger partial charge in [0.25, 0.3) is 0 Å². The van der Waals surface area contributed by atoms with E-state index >= 15 is 0 Å². The van der Waals surface area contributed by atoms with Gasteiger partial charge >= 0.3 is 0 Å². The summed E-state index contributed by atoms with van der Waals surface area (Å²) in [6.07, 6.45) is 4.23. The highest BCUT2D eigenvalue weighted by Crippen LogP contribution is 2.13. The molecule has 0 saturated heterocycles. The fourth-order valence-corrected chi connectivity index (χ4v) is 1.79. The van der Waals surface area contributed by atoms with Crippen molar-refractivity contribution >= 4 is 18.6 Å². The lowest BCUT2D eigenvalue weighted by Gasteiger charge is -2.09. The Kier molecular flexibility index (Phi) is 6.52. The first-order valence-electron chi connectivity index (χ1n) is 6.29. The zero-order valence-corrected chi connectivity index (χ0v) is 11.0. The van der Waals surface area contributed by atoms with E-state index in [-0.39, 0.29) is 12.4 Å². The maximum Gasteiger partial charge on any atom is 0.235 e. The number of amides is 1. The van der Waals surface area contributed by atoms with E-state index in [1.54, 1.807) is 0 Å². The molecule has 1 aromatic heterocycles. The van der Waals surface area contributed by atoms with Crippen LogP contribution in [0, 0.1) is 5.92 Å². The molecule has 1 heterocycles. The second-order valence-corrected chi connectivity index (χ2v) is 4.23. The highest BCUT2D eigenvalue weighted by atomic mass is 16.3. The molecule has 6 heteroatoms. The molecule has 1 atom stereocenters. The first-order valence-corrected chi connectivity index (χ1v) is 6.29. The van der Waals surface area contributed by atoms with Crippen LogP contribution in [0.4, 0.5) is 0 Å². The van der Waals surface area contributed by atoms with Crippen molar-refractivity contribution in [3.63, 3.8) is 0 Å². The van der Waals surface area contributed by atoms with E-state index in [1.165, 1.54) is 0 Å². The minimum atomic E-state index is 0.208. The number of aromatic nitrogens is 1. The van der Waals surface area contributed by atoms with Crippen LogP contribution < -0.4 is 5.73 Å². The van der Waals surface area contributed by atoms with Crippen molar-refractivity contribution in [2.45, 2.75) is 26.2 Å². The van der Waals surface area contributed by atoms with Gasteiger partial charge < -0.3 is 15.8 Å². The molecule has 1 aromatic rings. The molecule has 0 fully saturated rings. The van der Waals surface area contributed by atoms with E-state index < -0.39 is 0 Å². The van der Waals surface area contributed by atoms with Crippen LogP contribution in [-0.4, -0.2) is 35.3 Å². The van der Waals surface area contributed by atoms with Gasteiger partial charge in [0.05, 0.1) is 12.0 Å². The van der Waals surface area contributed by atoms with Gasteiger partial charge in [-0.3, -0.25) is 4.79 Å². The van der Waals surface area contributed by atoms with Gasteiger partial charge in [0, 0.05) is 12.3 Å². The van der Waals surface area contributed by atoms with E-state index in [1.807, 2.05) is 12.1 Å². The number of amidine groups is 1. The van der Waals surface area contributed by atoms with Crippen molar-refractivity contribution in [1.29, 1.82) is 0 Å². The quantitative estimate of drug-likeness (QED) is 0.386. The molecule has 0 spiro atoms. The summed E-state index contributed by atoms with van der Waals surface area (Å²) >= 11 is 0. The van der Waals surface area contributed by atoms with Gasteiger partial charge in [-0.05, 0) is 30.9 Å². The predicted octanol–water partition coefficient (Wildman–Crippen LogP) is 0.856. The summed E-state index contributed by atoms with van der Waals surface area (Å²) in [5.74, 6) is 0.579. The molecule has 0 aliphatic heterocycles. The van der Waals surface area contributed by atoms with Crippen molar-refractivity contribution in [2.75, 3.05) is 6.61 Å². The number of nitrogens with zero attached hydrogens (tertiary/aromatic N) is 2. The smallest absolute Gasteiger partial charge is 0.235 e. The molecule has 0 aliphatic carbocycles. The first kappa shape index (κ1) is 15.1. The molecule has 1 unspecified atom stereocenters. The van der Waals surface area contributed by atoms with Crippen molar-refractivity contribution in [3.05, 3.63) is 23.5 Å². The van der Waals surface area contributed by atoms with E-state index in [4.69, 9.17) is 10.8 Å². The molecule has 0 aliphatic rings. The summed E-state index contributed by atoms with van der Waals surface area (Å²) in [6.45, 7) is 2.27. The summed E-state index contributed by atoms with van der Waals surface area (Å²) in [4.78, 5) is 21.0. The highest BCUT2D eigenvalue weighted by Gasteiger charge is 2.08. The zero-order chi connectivity index (χ0) is 14.1. The van der Waals surface area contributed by atoms with Crippen LogP contribution in [-0.2, 0) is 11.2 Å². The molecular formula is C13H20N4O2. The molecule has 104 valence electrons. The van der Waals surface area contributed by atoms with Crippen LogP contribution in [0.1, 0.15) is 31.2 Å². The largest absolute Gasteiger partial charge is 0.396 e. The number of carbonyl (C=O) groups is 1. The topological polar surface area (TPSA) is 104 Å². The van der Waals surface area contributed by atoms with Crippen LogP contribution in [0.2, 0.25) is 0 Å². The number of nitrogens with two attached hydrogens (primary N) is 1. The molecule has 0 radical (unpaired) electrons. The number of carbonyl (C=O) groups excluding carboxylic acids is 1. The number of nitrogens with one attached hydrogen (secondary N) is 1. The number of aliphatic imine (C=N–C) groups is 2. The first-order chi connectivity index (χ1) is 9.24. The van der Waals surface area contributed by atoms with Crippen LogP contribution in [0.25, 0.3) is 0 Å². The van der Waals surface area contributed by atoms with Crippen molar-refractivity contribution in [3.8, 4) is 0 Å². The molecular weight excluding hydrogens is 244 g/mol. The average molecular weight is 264 g/mol. The van der Waals surface area contributed by atoms with Crippen molar-refractivity contribution in [2.24, 2.45) is 21.6 Å². The van der Waals surface area contributed by atoms with Crippen LogP contribution in [0.15, 0.2) is 22.1 Å². The third kappa shape index (κ3) is 4.67.